The molecule has 0 unspecified atom stereocenters. The molecule has 1 aliphatic heterocycles. The molecule has 0 aromatic carbocycles. The van der Waals surface area contributed by atoms with Crippen LogP contribution in [0.15, 0.2) is 12.3 Å². The van der Waals surface area contributed by atoms with E-state index < -0.39 is 10.8 Å². The Labute approximate surface area is 119 Å². The van der Waals surface area contributed by atoms with E-state index in [-0.39, 0.29) is 5.91 Å². The summed E-state index contributed by atoms with van der Waals surface area (Å²) in [4.78, 5) is 18.2. The Morgan fingerprint density at radius 2 is 2.21 bits per heavy atom. The molecule has 0 spiro atoms. The van der Waals surface area contributed by atoms with Gasteiger partial charge in [0.2, 0.25) is 0 Å². The molecule has 0 atom stereocenters. The van der Waals surface area contributed by atoms with E-state index in [2.05, 4.69) is 10.3 Å². The zero-order chi connectivity index (χ0) is 13.8. The third kappa shape index (κ3) is 3.45. The van der Waals surface area contributed by atoms with Gasteiger partial charge in [-0.3, -0.25) is 9.00 Å². The second-order valence-corrected chi connectivity index (χ2v) is 6.32. The second-order valence-electron chi connectivity index (χ2n) is 4.22. The maximum Gasteiger partial charge on any atom is 0.255 e. The third-order valence-electron chi connectivity index (χ3n) is 2.91. The molecule has 1 aliphatic rings. The molecule has 0 radical (unpaired) electrons. The highest BCUT2D eigenvalue weighted by molar-refractivity contribution is 7.85. The average Bonchev–Trinajstić information content (AvgIpc) is 2.41. The first-order chi connectivity index (χ1) is 9.11. The van der Waals surface area contributed by atoms with Crippen molar-refractivity contribution in [2.75, 3.05) is 36.5 Å². The van der Waals surface area contributed by atoms with Crippen molar-refractivity contribution < 1.29 is 9.00 Å². The molecule has 7 heteroatoms. The van der Waals surface area contributed by atoms with Crippen molar-refractivity contribution in [2.45, 2.75) is 6.92 Å². The molecular formula is C12H16ClN3O2S. The average molecular weight is 302 g/mol. The van der Waals surface area contributed by atoms with Crippen LogP contribution in [0.4, 0.5) is 5.82 Å². The number of nitrogens with one attached hydrogen (secondary N) is 1. The van der Waals surface area contributed by atoms with Gasteiger partial charge < -0.3 is 10.2 Å². The molecule has 0 saturated carbocycles. The van der Waals surface area contributed by atoms with Crippen LogP contribution in [0.3, 0.4) is 0 Å². The predicted octanol–water partition coefficient (Wildman–Crippen LogP) is 1.37. The van der Waals surface area contributed by atoms with Crippen LogP contribution in [0.1, 0.15) is 17.3 Å². The van der Waals surface area contributed by atoms with Crippen LogP contribution in [-0.2, 0) is 10.8 Å². The van der Waals surface area contributed by atoms with Gasteiger partial charge in [0.25, 0.3) is 5.91 Å². The molecule has 2 rings (SSSR count). The van der Waals surface area contributed by atoms with Crippen molar-refractivity contribution >= 4 is 34.1 Å². The molecule has 1 N–H and O–H groups in total. The number of halogens is 1. The minimum absolute atomic E-state index is 0.122. The maximum absolute atomic E-state index is 12.4. The van der Waals surface area contributed by atoms with Gasteiger partial charge >= 0.3 is 0 Å². The number of amides is 1. The molecule has 1 aromatic heterocycles. The van der Waals surface area contributed by atoms with Gasteiger partial charge in [0.1, 0.15) is 5.82 Å². The van der Waals surface area contributed by atoms with Gasteiger partial charge in [0, 0.05) is 48.1 Å². The number of aromatic nitrogens is 1. The van der Waals surface area contributed by atoms with Crippen LogP contribution in [0.5, 0.6) is 0 Å². The molecule has 1 fully saturated rings. The lowest BCUT2D eigenvalue weighted by Crippen LogP contribution is -2.41. The first kappa shape index (κ1) is 14.3. The lowest BCUT2D eigenvalue weighted by atomic mass is 10.2. The second kappa shape index (κ2) is 6.34. The van der Waals surface area contributed by atoms with Crippen molar-refractivity contribution in [1.82, 2.24) is 9.88 Å². The van der Waals surface area contributed by atoms with Gasteiger partial charge in [-0.15, -0.1) is 0 Å². The Morgan fingerprint density at radius 3 is 2.84 bits per heavy atom. The lowest BCUT2D eigenvalue weighted by molar-refractivity contribution is 0.0771. The Kier molecular flexibility index (Phi) is 4.76. The van der Waals surface area contributed by atoms with Crippen molar-refractivity contribution in [1.29, 1.82) is 0 Å². The first-order valence-electron chi connectivity index (χ1n) is 6.15. The fourth-order valence-electron chi connectivity index (χ4n) is 1.89. The molecule has 1 amide bonds. The van der Waals surface area contributed by atoms with Crippen molar-refractivity contribution in [3.05, 3.63) is 22.8 Å². The Bertz CT molecular complexity index is 500. The number of hydrogen-bond donors (Lipinski definition) is 1. The number of hydrogen-bond acceptors (Lipinski definition) is 4. The summed E-state index contributed by atoms with van der Waals surface area (Å²) < 4.78 is 11.3. The predicted molar refractivity (Wildman–Crippen MR) is 77.2 cm³/mol. The van der Waals surface area contributed by atoms with E-state index in [9.17, 15) is 9.00 Å². The van der Waals surface area contributed by atoms with E-state index in [4.69, 9.17) is 11.6 Å². The smallest absolute Gasteiger partial charge is 0.255 e. The zero-order valence-electron chi connectivity index (χ0n) is 10.7. The quantitative estimate of drug-likeness (QED) is 0.916. The van der Waals surface area contributed by atoms with Crippen LogP contribution >= 0.6 is 11.6 Å². The zero-order valence-corrected chi connectivity index (χ0v) is 12.3. The summed E-state index contributed by atoms with van der Waals surface area (Å²) in [6.07, 6.45) is 1.48. The lowest BCUT2D eigenvalue weighted by Gasteiger charge is -2.26. The Balaban J connectivity index is 2.18. The number of anilines is 1. The summed E-state index contributed by atoms with van der Waals surface area (Å²) in [6, 6.07) is 1.67. The topological polar surface area (TPSA) is 62.3 Å². The molecule has 0 bridgehead atoms. The fraction of sp³-hybridized carbons (Fsp3) is 0.500. The van der Waals surface area contributed by atoms with Crippen LogP contribution in [0.25, 0.3) is 0 Å². The monoisotopic (exact) mass is 301 g/mol. The van der Waals surface area contributed by atoms with E-state index in [1.807, 2.05) is 6.92 Å². The number of rotatable bonds is 3. The SMILES string of the molecule is CCNc1cc(C(=O)N2CCS(=O)CC2)c(Cl)cn1. The fourth-order valence-corrected chi connectivity index (χ4v) is 3.13. The number of pyridine rings is 1. The number of carbonyl (C=O) groups is 1. The van der Waals surface area contributed by atoms with Crippen molar-refractivity contribution in [3.63, 3.8) is 0 Å². The molecular weight excluding hydrogens is 286 g/mol. The van der Waals surface area contributed by atoms with Gasteiger partial charge in [-0.2, -0.15) is 0 Å². The number of nitrogens with zero attached hydrogens (tertiary/aromatic N) is 2. The van der Waals surface area contributed by atoms with Gasteiger partial charge in [0.15, 0.2) is 0 Å². The summed E-state index contributed by atoms with van der Waals surface area (Å²) >= 11 is 6.04. The minimum atomic E-state index is -0.798. The summed E-state index contributed by atoms with van der Waals surface area (Å²) in [5, 5.41) is 3.40. The molecule has 1 aromatic rings. The third-order valence-corrected chi connectivity index (χ3v) is 4.49. The van der Waals surface area contributed by atoms with Crippen molar-refractivity contribution in [3.8, 4) is 0 Å². The first-order valence-corrected chi connectivity index (χ1v) is 8.02. The largest absolute Gasteiger partial charge is 0.370 e. The molecule has 104 valence electrons. The molecule has 2 heterocycles. The Morgan fingerprint density at radius 1 is 1.53 bits per heavy atom. The van der Waals surface area contributed by atoms with Gasteiger partial charge in [0.05, 0.1) is 10.6 Å². The van der Waals surface area contributed by atoms with E-state index >= 15 is 0 Å². The molecule has 0 aliphatic carbocycles. The number of carbonyl (C=O) groups excluding carboxylic acids is 1. The van der Waals surface area contributed by atoms with Crippen molar-refractivity contribution in [2.24, 2.45) is 0 Å². The highest BCUT2D eigenvalue weighted by Gasteiger charge is 2.23. The van der Waals surface area contributed by atoms with E-state index in [0.29, 0.717) is 41.0 Å². The highest BCUT2D eigenvalue weighted by atomic mass is 35.5. The Hall–Kier alpha value is -1.14. The van der Waals surface area contributed by atoms with E-state index in [1.54, 1.807) is 11.0 Å². The molecule has 5 nitrogen and oxygen atoms in total. The molecule has 19 heavy (non-hydrogen) atoms. The normalized spacial score (nSPS) is 16.4. The summed E-state index contributed by atoms with van der Waals surface area (Å²) in [6.45, 7) is 3.71. The van der Waals surface area contributed by atoms with Gasteiger partial charge in [-0.05, 0) is 13.0 Å². The highest BCUT2D eigenvalue weighted by Crippen LogP contribution is 2.20. The maximum atomic E-state index is 12.4. The van der Waals surface area contributed by atoms with E-state index in [0.717, 1.165) is 6.54 Å². The summed E-state index contributed by atoms with van der Waals surface area (Å²) in [5.41, 5.74) is 0.445. The minimum Gasteiger partial charge on any atom is -0.370 e. The summed E-state index contributed by atoms with van der Waals surface area (Å²) in [5.74, 6) is 1.59. The van der Waals surface area contributed by atoms with E-state index in [1.165, 1.54) is 6.20 Å². The molecule has 1 saturated heterocycles. The standard InChI is InChI=1S/C12H16ClN3O2S/c1-2-14-11-7-9(10(13)8-15-11)12(17)16-3-5-19(18)6-4-16/h7-8H,2-6H2,1H3,(H,14,15). The van der Waals surface area contributed by atoms with Crippen LogP contribution in [-0.4, -0.2) is 51.1 Å². The van der Waals surface area contributed by atoms with Crippen LogP contribution < -0.4 is 5.32 Å². The summed E-state index contributed by atoms with van der Waals surface area (Å²) in [7, 11) is -0.798. The van der Waals surface area contributed by atoms with Gasteiger partial charge in [-0.25, -0.2) is 4.98 Å². The van der Waals surface area contributed by atoms with Gasteiger partial charge in [-0.1, -0.05) is 11.6 Å². The van der Waals surface area contributed by atoms with Crippen LogP contribution in [0.2, 0.25) is 5.02 Å². The van der Waals surface area contributed by atoms with Crippen LogP contribution in [0, 0.1) is 0 Å².